The van der Waals surface area contributed by atoms with Crippen molar-refractivity contribution in [3.05, 3.63) is 63.6 Å². The lowest BCUT2D eigenvalue weighted by molar-refractivity contribution is 0.297. The van der Waals surface area contributed by atoms with E-state index in [1.165, 1.54) is 24.1 Å². The predicted molar refractivity (Wildman–Crippen MR) is 93.0 cm³/mol. The SMILES string of the molecule is CCCCn1c2c(cc(OCc3ccccc3)c1=O)CCCC2. The molecule has 0 radical (unpaired) electrons. The number of hydrogen-bond donors (Lipinski definition) is 0. The Morgan fingerprint density at radius 3 is 2.70 bits per heavy atom. The molecular weight excluding hydrogens is 286 g/mol. The highest BCUT2D eigenvalue weighted by Gasteiger charge is 2.18. The van der Waals surface area contributed by atoms with E-state index in [0.29, 0.717) is 12.4 Å². The van der Waals surface area contributed by atoms with E-state index < -0.39 is 0 Å². The molecule has 1 aromatic carbocycles. The van der Waals surface area contributed by atoms with Crippen LogP contribution in [0.2, 0.25) is 0 Å². The van der Waals surface area contributed by atoms with Crippen LogP contribution in [-0.2, 0) is 26.0 Å². The fourth-order valence-corrected chi connectivity index (χ4v) is 3.24. The standard InChI is InChI=1S/C20H25NO2/c1-2-3-13-21-18-12-8-7-11-17(18)14-19(20(21)22)23-15-16-9-5-4-6-10-16/h4-6,9-10,14H,2-3,7-8,11-13,15H2,1H3. The molecule has 0 aliphatic heterocycles. The maximum absolute atomic E-state index is 12.8. The van der Waals surface area contributed by atoms with Crippen molar-refractivity contribution in [1.82, 2.24) is 4.57 Å². The highest BCUT2D eigenvalue weighted by atomic mass is 16.5. The maximum atomic E-state index is 12.8. The predicted octanol–water partition coefficient (Wildman–Crippen LogP) is 4.11. The first-order valence-corrected chi connectivity index (χ1v) is 8.72. The molecule has 2 aromatic rings. The number of benzene rings is 1. The fraction of sp³-hybridized carbons (Fsp3) is 0.450. The van der Waals surface area contributed by atoms with Gasteiger partial charge in [-0.1, -0.05) is 43.7 Å². The van der Waals surface area contributed by atoms with E-state index >= 15 is 0 Å². The van der Waals surface area contributed by atoms with Crippen LogP contribution in [0.1, 0.15) is 49.4 Å². The van der Waals surface area contributed by atoms with Gasteiger partial charge in [-0.05, 0) is 49.3 Å². The number of hydrogen-bond acceptors (Lipinski definition) is 2. The van der Waals surface area contributed by atoms with Crippen LogP contribution in [0.5, 0.6) is 5.75 Å². The molecule has 1 aliphatic carbocycles. The second-order valence-corrected chi connectivity index (χ2v) is 6.27. The quantitative estimate of drug-likeness (QED) is 0.804. The van der Waals surface area contributed by atoms with E-state index in [1.807, 2.05) is 41.0 Å². The fourth-order valence-electron chi connectivity index (χ4n) is 3.24. The van der Waals surface area contributed by atoms with Crippen molar-refractivity contribution in [2.75, 3.05) is 0 Å². The molecule has 1 aromatic heterocycles. The average Bonchev–Trinajstić information content (AvgIpc) is 2.60. The van der Waals surface area contributed by atoms with E-state index in [1.54, 1.807) is 0 Å². The van der Waals surface area contributed by atoms with Gasteiger partial charge in [-0.25, -0.2) is 0 Å². The average molecular weight is 311 g/mol. The molecule has 0 N–H and O–H groups in total. The van der Waals surface area contributed by atoms with Crippen molar-refractivity contribution in [2.24, 2.45) is 0 Å². The van der Waals surface area contributed by atoms with Crippen LogP contribution >= 0.6 is 0 Å². The third-order valence-electron chi connectivity index (χ3n) is 4.54. The Balaban J connectivity index is 1.88. The Hall–Kier alpha value is -2.03. The Morgan fingerprint density at radius 1 is 1.13 bits per heavy atom. The summed E-state index contributed by atoms with van der Waals surface area (Å²) in [5, 5.41) is 0. The third-order valence-corrected chi connectivity index (χ3v) is 4.54. The lowest BCUT2D eigenvalue weighted by atomic mass is 9.95. The van der Waals surface area contributed by atoms with Gasteiger partial charge in [-0.3, -0.25) is 4.79 Å². The topological polar surface area (TPSA) is 31.2 Å². The second kappa shape index (κ2) is 7.49. The molecule has 0 spiro atoms. The normalized spacial score (nSPS) is 13.6. The molecule has 1 heterocycles. The molecule has 3 nitrogen and oxygen atoms in total. The summed E-state index contributed by atoms with van der Waals surface area (Å²) in [6.07, 6.45) is 6.60. The molecule has 0 amide bonds. The lowest BCUT2D eigenvalue weighted by Gasteiger charge is -2.22. The Bertz CT molecular complexity index is 704. The Kier molecular flexibility index (Phi) is 5.16. The van der Waals surface area contributed by atoms with Crippen LogP contribution < -0.4 is 10.3 Å². The molecule has 1 aliphatic rings. The number of aryl methyl sites for hydroxylation is 1. The van der Waals surface area contributed by atoms with Crippen molar-refractivity contribution in [3.63, 3.8) is 0 Å². The van der Waals surface area contributed by atoms with Gasteiger partial charge in [0, 0.05) is 12.2 Å². The van der Waals surface area contributed by atoms with Gasteiger partial charge in [0.25, 0.3) is 5.56 Å². The first-order chi connectivity index (χ1) is 11.3. The molecule has 3 rings (SSSR count). The van der Waals surface area contributed by atoms with Crippen molar-refractivity contribution in [1.29, 1.82) is 0 Å². The van der Waals surface area contributed by atoms with Gasteiger partial charge in [-0.15, -0.1) is 0 Å². The van der Waals surface area contributed by atoms with Gasteiger partial charge in [0.2, 0.25) is 0 Å². The van der Waals surface area contributed by atoms with Crippen LogP contribution in [0, 0.1) is 0 Å². The third kappa shape index (κ3) is 3.66. The van der Waals surface area contributed by atoms with Crippen molar-refractivity contribution >= 4 is 0 Å². The van der Waals surface area contributed by atoms with Gasteiger partial charge >= 0.3 is 0 Å². The van der Waals surface area contributed by atoms with Gasteiger partial charge in [0.15, 0.2) is 5.75 Å². The highest BCUT2D eigenvalue weighted by Crippen LogP contribution is 2.23. The molecule has 0 fully saturated rings. The lowest BCUT2D eigenvalue weighted by Crippen LogP contribution is -2.28. The number of fused-ring (bicyclic) bond motifs is 1. The van der Waals surface area contributed by atoms with Crippen molar-refractivity contribution in [3.8, 4) is 5.75 Å². The minimum atomic E-state index is 0.0371. The Morgan fingerprint density at radius 2 is 1.91 bits per heavy atom. The van der Waals surface area contributed by atoms with Crippen LogP contribution in [0.25, 0.3) is 0 Å². The van der Waals surface area contributed by atoms with Gasteiger partial charge in [0.05, 0.1) is 0 Å². The zero-order valence-electron chi connectivity index (χ0n) is 13.9. The highest BCUT2D eigenvalue weighted by molar-refractivity contribution is 5.33. The van der Waals surface area contributed by atoms with E-state index in [9.17, 15) is 4.79 Å². The van der Waals surface area contributed by atoms with Gasteiger partial charge < -0.3 is 9.30 Å². The zero-order chi connectivity index (χ0) is 16.1. The number of nitrogens with zero attached hydrogens (tertiary/aromatic N) is 1. The first-order valence-electron chi connectivity index (χ1n) is 8.72. The summed E-state index contributed by atoms with van der Waals surface area (Å²) in [5.74, 6) is 0.505. The molecule has 0 bridgehead atoms. The molecule has 0 atom stereocenters. The number of rotatable bonds is 6. The first kappa shape index (κ1) is 15.9. The largest absolute Gasteiger partial charge is 0.483 e. The summed E-state index contributed by atoms with van der Waals surface area (Å²) < 4.78 is 7.85. The minimum absolute atomic E-state index is 0.0371. The van der Waals surface area contributed by atoms with Gasteiger partial charge in [-0.2, -0.15) is 0 Å². The van der Waals surface area contributed by atoms with Crippen LogP contribution in [0.4, 0.5) is 0 Å². The monoisotopic (exact) mass is 311 g/mol. The summed E-state index contributed by atoms with van der Waals surface area (Å²) >= 11 is 0. The number of ether oxygens (including phenoxy) is 1. The van der Waals surface area contributed by atoms with E-state index in [-0.39, 0.29) is 5.56 Å². The smallest absolute Gasteiger partial charge is 0.293 e. The molecule has 23 heavy (non-hydrogen) atoms. The van der Waals surface area contributed by atoms with E-state index in [2.05, 4.69) is 6.92 Å². The zero-order valence-corrected chi connectivity index (χ0v) is 13.9. The Labute approximate surface area is 137 Å². The molecule has 122 valence electrons. The summed E-state index contributed by atoms with van der Waals surface area (Å²) in [6, 6.07) is 12.0. The van der Waals surface area contributed by atoms with Crippen molar-refractivity contribution in [2.45, 2.75) is 58.6 Å². The summed E-state index contributed by atoms with van der Waals surface area (Å²) in [5.41, 5.74) is 3.66. The maximum Gasteiger partial charge on any atom is 0.293 e. The summed E-state index contributed by atoms with van der Waals surface area (Å²) in [4.78, 5) is 12.8. The number of unbranched alkanes of at least 4 members (excludes halogenated alkanes) is 1. The molecule has 0 saturated carbocycles. The van der Waals surface area contributed by atoms with Crippen LogP contribution in [0.3, 0.4) is 0 Å². The number of aromatic nitrogens is 1. The van der Waals surface area contributed by atoms with Crippen LogP contribution in [-0.4, -0.2) is 4.57 Å². The summed E-state index contributed by atoms with van der Waals surface area (Å²) in [6.45, 7) is 3.41. The minimum Gasteiger partial charge on any atom is -0.483 e. The van der Waals surface area contributed by atoms with E-state index in [4.69, 9.17) is 4.74 Å². The summed E-state index contributed by atoms with van der Waals surface area (Å²) in [7, 11) is 0. The molecule has 0 saturated heterocycles. The van der Waals surface area contributed by atoms with Crippen LogP contribution in [0.15, 0.2) is 41.2 Å². The van der Waals surface area contributed by atoms with Crippen molar-refractivity contribution < 1.29 is 4.74 Å². The molecule has 0 unspecified atom stereocenters. The molecular formula is C20H25NO2. The molecule has 3 heteroatoms. The second-order valence-electron chi connectivity index (χ2n) is 6.27. The number of pyridine rings is 1. The van der Waals surface area contributed by atoms with Gasteiger partial charge in [0.1, 0.15) is 6.61 Å². The van der Waals surface area contributed by atoms with E-state index in [0.717, 1.165) is 37.8 Å².